The fourth-order valence-electron chi connectivity index (χ4n) is 7.30. The summed E-state index contributed by atoms with van der Waals surface area (Å²) in [5, 5.41) is 19.3. The van der Waals surface area contributed by atoms with Crippen LogP contribution in [-0.2, 0) is 4.79 Å². The first-order valence-electron chi connectivity index (χ1n) is 11.7. The van der Waals surface area contributed by atoms with Gasteiger partial charge < -0.3 is 10.2 Å². The Morgan fingerprint density at radius 1 is 1.16 bits per heavy atom. The monoisotopic (exact) mass is 435 g/mol. The molecule has 0 unspecified atom stereocenters. The molecule has 4 aliphatic rings. The normalized spacial score (nSPS) is 39.9. The number of carboxylic acids is 1. The Morgan fingerprint density at radius 3 is 2.53 bits per heavy atom. The highest BCUT2D eigenvalue weighted by molar-refractivity contribution is 5.91. The molecule has 3 fully saturated rings. The maximum atomic E-state index is 11.8. The lowest BCUT2D eigenvalue weighted by Crippen LogP contribution is -2.54. The summed E-state index contributed by atoms with van der Waals surface area (Å²) in [6.45, 7) is 4.63. The fourth-order valence-corrected chi connectivity index (χ4v) is 7.30. The highest BCUT2D eigenvalue weighted by atomic mass is 16.4. The molecule has 0 amide bonds. The predicted octanol–water partition coefficient (Wildman–Crippen LogP) is 4.66. The lowest BCUT2D eigenvalue weighted by Gasteiger charge is -2.58. The third-order valence-electron chi connectivity index (χ3n) is 9.26. The van der Waals surface area contributed by atoms with Crippen molar-refractivity contribution in [3.63, 3.8) is 0 Å². The molecule has 5 heteroatoms. The molecule has 2 N–H and O–H groups in total. The van der Waals surface area contributed by atoms with Crippen LogP contribution < -0.4 is 0 Å². The van der Waals surface area contributed by atoms with Gasteiger partial charge in [0.2, 0.25) is 0 Å². The topological polar surface area (TPSA) is 87.5 Å². The Hall–Kier alpha value is -2.45. The van der Waals surface area contributed by atoms with Gasteiger partial charge in [-0.3, -0.25) is 9.78 Å². The summed E-state index contributed by atoms with van der Waals surface area (Å²) in [6, 6.07) is 3.08. The number of ketones is 1. The van der Waals surface area contributed by atoms with E-state index in [-0.39, 0.29) is 16.4 Å². The second kappa shape index (κ2) is 8.15. The molecule has 4 aliphatic carbocycles. The number of carboxylic acid groups (broad SMARTS) is 1. The van der Waals surface area contributed by atoms with Gasteiger partial charge in [0.05, 0.1) is 5.56 Å². The van der Waals surface area contributed by atoms with E-state index in [0.717, 1.165) is 38.5 Å². The molecule has 5 nitrogen and oxygen atoms in total. The number of carbonyl (C=O) groups is 2. The van der Waals surface area contributed by atoms with Crippen LogP contribution in [0.4, 0.5) is 0 Å². The van der Waals surface area contributed by atoms with Crippen LogP contribution in [0.5, 0.6) is 0 Å². The number of nitrogens with zero attached hydrogens (tertiary/aromatic N) is 1. The molecule has 5 rings (SSSR count). The van der Waals surface area contributed by atoms with Gasteiger partial charge in [0.1, 0.15) is 5.60 Å². The Bertz CT molecular complexity index is 979. The Balaban J connectivity index is 0.000000230. The zero-order chi connectivity index (χ0) is 23.1. The van der Waals surface area contributed by atoms with E-state index in [2.05, 4.69) is 24.8 Å². The molecule has 1 heterocycles. The van der Waals surface area contributed by atoms with Gasteiger partial charge in [0, 0.05) is 24.2 Å². The summed E-state index contributed by atoms with van der Waals surface area (Å²) >= 11 is 0. The van der Waals surface area contributed by atoms with Crippen molar-refractivity contribution in [1.29, 1.82) is 0 Å². The Morgan fingerprint density at radius 2 is 1.91 bits per heavy atom. The molecule has 0 aromatic carbocycles. The minimum atomic E-state index is -0.942. The van der Waals surface area contributed by atoms with Gasteiger partial charge in [0.15, 0.2) is 5.78 Å². The molecule has 0 bridgehead atoms. The number of fused-ring (bicyclic) bond motifs is 5. The summed E-state index contributed by atoms with van der Waals surface area (Å²) in [6.07, 6.45) is 18.5. The average molecular weight is 436 g/mol. The van der Waals surface area contributed by atoms with E-state index in [1.807, 2.05) is 6.08 Å². The summed E-state index contributed by atoms with van der Waals surface area (Å²) in [4.78, 5) is 25.6. The molecule has 1 aromatic rings. The van der Waals surface area contributed by atoms with Crippen molar-refractivity contribution >= 4 is 11.8 Å². The smallest absolute Gasteiger partial charge is 0.337 e. The van der Waals surface area contributed by atoms with Crippen molar-refractivity contribution in [1.82, 2.24) is 4.98 Å². The van der Waals surface area contributed by atoms with Crippen molar-refractivity contribution in [2.75, 3.05) is 0 Å². The Labute approximate surface area is 190 Å². The van der Waals surface area contributed by atoms with Crippen LogP contribution in [0.25, 0.3) is 0 Å². The highest BCUT2D eigenvalue weighted by Gasteiger charge is 2.63. The van der Waals surface area contributed by atoms with E-state index in [1.165, 1.54) is 30.5 Å². The van der Waals surface area contributed by atoms with Gasteiger partial charge in [-0.2, -0.15) is 0 Å². The second-order valence-corrected chi connectivity index (χ2v) is 10.5. The maximum Gasteiger partial charge on any atom is 0.337 e. The Kier molecular flexibility index (Phi) is 5.79. The molecule has 170 valence electrons. The molecule has 0 spiro atoms. The highest BCUT2D eigenvalue weighted by Crippen LogP contribution is 2.67. The van der Waals surface area contributed by atoms with E-state index in [0.29, 0.717) is 30.0 Å². The number of allylic oxidation sites excluding steroid dienone is 1. The maximum absolute atomic E-state index is 11.8. The molecular weight excluding hydrogens is 402 g/mol. The first-order valence-corrected chi connectivity index (χ1v) is 11.7. The molecule has 6 atom stereocenters. The van der Waals surface area contributed by atoms with Crippen LogP contribution in [0.15, 0.2) is 36.2 Å². The van der Waals surface area contributed by atoms with Crippen molar-refractivity contribution in [3.8, 4) is 12.3 Å². The van der Waals surface area contributed by atoms with Crippen LogP contribution in [-0.4, -0.2) is 32.6 Å². The zero-order valence-corrected chi connectivity index (χ0v) is 19.0. The van der Waals surface area contributed by atoms with Gasteiger partial charge in [-0.05, 0) is 86.3 Å². The van der Waals surface area contributed by atoms with Gasteiger partial charge >= 0.3 is 5.97 Å². The van der Waals surface area contributed by atoms with Gasteiger partial charge in [-0.25, -0.2) is 4.79 Å². The largest absolute Gasteiger partial charge is 0.478 e. The molecule has 0 aliphatic heterocycles. The minimum Gasteiger partial charge on any atom is -0.478 e. The number of pyridine rings is 1. The number of terminal acetylenes is 1. The number of rotatable bonds is 1. The van der Waals surface area contributed by atoms with E-state index in [9.17, 15) is 14.7 Å². The standard InChI is InChI=1S/C21H28O2.C6H5NO2/c1-4-21(23)12-9-18-16-6-5-14-13-15(22)7-10-19(14,2)17(16)8-11-20(18,21)3;8-6(9)5-2-1-3-7-4-5/h1,13,16-18,23H,5-12H2,2-3H3;1-4H,(H,8,9)/t16-,17+,18+,19+,20+,21+;/m1./s1. The summed E-state index contributed by atoms with van der Waals surface area (Å²) in [5.41, 5.74) is 0.795. The molecule has 32 heavy (non-hydrogen) atoms. The molecule has 0 radical (unpaired) electrons. The van der Waals surface area contributed by atoms with Gasteiger partial charge in [-0.1, -0.05) is 25.3 Å². The zero-order valence-electron chi connectivity index (χ0n) is 19.0. The number of hydrogen-bond donors (Lipinski definition) is 2. The molecular formula is C27H33NO4. The number of carbonyl (C=O) groups excluding carboxylic acids is 1. The average Bonchev–Trinajstić information content (AvgIpc) is 3.06. The number of hydrogen-bond acceptors (Lipinski definition) is 4. The van der Waals surface area contributed by atoms with Gasteiger partial charge in [-0.15, -0.1) is 6.42 Å². The van der Waals surface area contributed by atoms with Crippen molar-refractivity contribution in [3.05, 3.63) is 41.7 Å². The van der Waals surface area contributed by atoms with Crippen LogP contribution in [0.3, 0.4) is 0 Å². The number of aromatic carboxylic acids is 1. The lowest BCUT2D eigenvalue weighted by atomic mass is 9.46. The molecule has 0 saturated heterocycles. The SMILES string of the molecule is C#C[C@]1(O)CC[C@H]2[C@@H]3CCC4=CC(=O)CC[C@]4(C)[C@H]3CC[C@@]21C.O=C(O)c1cccnc1. The number of aromatic nitrogens is 1. The summed E-state index contributed by atoms with van der Waals surface area (Å²) in [5.74, 6) is 3.98. The third kappa shape index (κ3) is 3.49. The van der Waals surface area contributed by atoms with E-state index in [1.54, 1.807) is 6.07 Å². The van der Waals surface area contributed by atoms with Crippen LogP contribution in [0.1, 0.15) is 75.6 Å². The van der Waals surface area contributed by atoms with E-state index >= 15 is 0 Å². The second-order valence-electron chi connectivity index (χ2n) is 10.5. The first kappa shape index (κ1) is 22.7. The van der Waals surface area contributed by atoms with Gasteiger partial charge in [0.25, 0.3) is 0 Å². The minimum absolute atomic E-state index is 0.120. The predicted molar refractivity (Wildman–Crippen MR) is 122 cm³/mol. The van der Waals surface area contributed by atoms with Crippen molar-refractivity contribution in [2.24, 2.45) is 28.6 Å². The first-order chi connectivity index (χ1) is 15.1. The quantitative estimate of drug-likeness (QED) is 0.627. The van der Waals surface area contributed by atoms with E-state index < -0.39 is 11.6 Å². The summed E-state index contributed by atoms with van der Waals surface area (Å²) < 4.78 is 0. The van der Waals surface area contributed by atoms with Crippen LogP contribution >= 0.6 is 0 Å². The van der Waals surface area contributed by atoms with E-state index in [4.69, 9.17) is 11.5 Å². The lowest BCUT2D eigenvalue weighted by molar-refractivity contribution is -0.119. The molecule has 3 saturated carbocycles. The van der Waals surface area contributed by atoms with Crippen LogP contribution in [0, 0.1) is 40.9 Å². The van der Waals surface area contributed by atoms with Crippen molar-refractivity contribution in [2.45, 2.75) is 70.8 Å². The number of aliphatic hydroxyl groups is 1. The fraction of sp³-hybridized carbons (Fsp3) is 0.593. The molecule has 1 aromatic heterocycles. The van der Waals surface area contributed by atoms with Crippen molar-refractivity contribution < 1.29 is 19.8 Å². The third-order valence-corrected chi connectivity index (χ3v) is 9.26. The summed E-state index contributed by atoms with van der Waals surface area (Å²) in [7, 11) is 0. The van der Waals surface area contributed by atoms with Crippen LogP contribution in [0.2, 0.25) is 0 Å².